The van der Waals surface area contributed by atoms with Gasteiger partial charge in [-0.15, -0.1) is 17.9 Å². The van der Waals surface area contributed by atoms with Crippen LogP contribution in [0.4, 0.5) is 0 Å². The average molecular weight is 226 g/mol. The summed E-state index contributed by atoms with van der Waals surface area (Å²) in [5.41, 5.74) is 1.09. The van der Waals surface area contributed by atoms with Crippen molar-refractivity contribution in [1.82, 2.24) is 10.3 Å². The van der Waals surface area contributed by atoms with E-state index in [1.807, 2.05) is 6.08 Å². The van der Waals surface area contributed by atoms with Crippen LogP contribution in [-0.4, -0.2) is 18.1 Å². The van der Waals surface area contributed by atoms with Gasteiger partial charge in [-0.2, -0.15) is 0 Å². The molecule has 1 unspecified atom stereocenters. The third-order valence-electron chi connectivity index (χ3n) is 2.02. The van der Waals surface area contributed by atoms with Crippen LogP contribution in [0.1, 0.15) is 24.0 Å². The summed E-state index contributed by atoms with van der Waals surface area (Å²) in [6.45, 7) is 7.28. The van der Waals surface area contributed by atoms with Gasteiger partial charge in [0, 0.05) is 25.1 Å². The van der Waals surface area contributed by atoms with Crippen molar-refractivity contribution in [3.05, 3.63) is 28.7 Å². The molecule has 1 atom stereocenters. The summed E-state index contributed by atoms with van der Waals surface area (Å²) >= 11 is 1.64. The zero-order valence-corrected chi connectivity index (χ0v) is 10.1. The van der Waals surface area contributed by atoms with E-state index < -0.39 is 0 Å². The largest absolute Gasteiger partial charge is 0.378 e. The number of thiazole rings is 1. The first-order chi connectivity index (χ1) is 7.26. The van der Waals surface area contributed by atoms with Crippen molar-refractivity contribution in [2.45, 2.75) is 32.5 Å². The minimum Gasteiger partial charge on any atom is -0.378 e. The number of hydrogen-bond acceptors (Lipinski definition) is 4. The van der Waals surface area contributed by atoms with E-state index >= 15 is 0 Å². The Kier molecular flexibility index (Phi) is 5.53. The van der Waals surface area contributed by atoms with E-state index in [0.29, 0.717) is 12.6 Å². The van der Waals surface area contributed by atoms with E-state index in [2.05, 4.69) is 29.2 Å². The van der Waals surface area contributed by atoms with Crippen LogP contribution >= 0.6 is 11.3 Å². The molecule has 0 bridgehead atoms. The van der Waals surface area contributed by atoms with Gasteiger partial charge in [-0.3, -0.25) is 0 Å². The summed E-state index contributed by atoms with van der Waals surface area (Å²) in [5.74, 6) is 0. The third kappa shape index (κ3) is 4.55. The van der Waals surface area contributed by atoms with Crippen molar-refractivity contribution < 1.29 is 4.74 Å². The number of rotatable bonds is 7. The lowest BCUT2D eigenvalue weighted by Gasteiger charge is -2.09. The summed E-state index contributed by atoms with van der Waals surface area (Å²) in [6, 6.07) is 0.454. The Morgan fingerprint density at radius 3 is 3.20 bits per heavy atom. The van der Waals surface area contributed by atoms with Gasteiger partial charge in [0.2, 0.25) is 0 Å². The second kappa shape index (κ2) is 6.71. The molecule has 0 aliphatic heterocycles. The van der Waals surface area contributed by atoms with Gasteiger partial charge in [-0.05, 0) is 13.3 Å². The summed E-state index contributed by atoms with van der Waals surface area (Å²) < 4.78 is 5.02. The van der Waals surface area contributed by atoms with Gasteiger partial charge in [0.1, 0.15) is 5.01 Å². The van der Waals surface area contributed by atoms with Crippen LogP contribution in [0.2, 0.25) is 0 Å². The molecule has 15 heavy (non-hydrogen) atoms. The van der Waals surface area contributed by atoms with Gasteiger partial charge < -0.3 is 10.1 Å². The maximum atomic E-state index is 5.02. The molecule has 84 valence electrons. The number of nitrogens with one attached hydrogen (secondary N) is 1. The normalized spacial score (nSPS) is 12.7. The molecule has 0 saturated heterocycles. The lowest BCUT2D eigenvalue weighted by Crippen LogP contribution is -2.24. The minimum absolute atomic E-state index is 0.454. The Morgan fingerprint density at radius 2 is 2.53 bits per heavy atom. The quantitative estimate of drug-likeness (QED) is 0.725. The van der Waals surface area contributed by atoms with Crippen molar-refractivity contribution >= 4 is 11.3 Å². The van der Waals surface area contributed by atoms with Gasteiger partial charge in [-0.1, -0.05) is 6.08 Å². The fourth-order valence-corrected chi connectivity index (χ4v) is 2.00. The molecule has 0 fully saturated rings. The molecule has 1 N–H and O–H groups in total. The van der Waals surface area contributed by atoms with Crippen LogP contribution < -0.4 is 5.32 Å². The van der Waals surface area contributed by atoms with Gasteiger partial charge in [-0.25, -0.2) is 4.98 Å². The van der Waals surface area contributed by atoms with Gasteiger partial charge >= 0.3 is 0 Å². The van der Waals surface area contributed by atoms with E-state index in [0.717, 1.165) is 23.7 Å². The Bertz CT molecular complexity index is 299. The first-order valence-corrected chi connectivity index (χ1v) is 5.90. The van der Waals surface area contributed by atoms with Crippen molar-refractivity contribution in [2.24, 2.45) is 0 Å². The van der Waals surface area contributed by atoms with Crippen molar-refractivity contribution in [2.75, 3.05) is 7.11 Å². The maximum absolute atomic E-state index is 5.02. The molecule has 4 heteroatoms. The van der Waals surface area contributed by atoms with Gasteiger partial charge in [0.05, 0.1) is 12.3 Å². The predicted octanol–water partition coefficient (Wildman–Crippen LogP) is 2.34. The first kappa shape index (κ1) is 12.4. The standard InChI is InChI=1S/C11H18N2OS/c1-4-5-9(2)12-6-10-8-15-11(13-10)7-14-3/h4,8-9,12H,1,5-7H2,2-3H3. The molecule has 1 rings (SSSR count). The molecule has 0 aliphatic rings. The number of nitrogens with zero attached hydrogens (tertiary/aromatic N) is 1. The van der Waals surface area contributed by atoms with E-state index in [-0.39, 0.29) is 0 Å². The van der Waals surface area contributed by atoms with Crippen molar-refractivity contribution in [3.63, 3.8) is 0 Å². The van der Waals surface area contributed by atoms with E-state index in [1.165, 1.54) is 0 Å². The Labute approximate surface area is 95.2 Å². The molecule has 0 amide bonds. The smallest absolute Gasteiger partial charge is 0.119 e. The van der Waals surface area contributed by atoms with E-state index in [9.17, 15) is 0 Å². The monoisotopic (exact) mass is 226 g/mol. The van der Waals surface area contributed by atoms with Crippen LogP contribution in [-0.2, 0) is 17.9 Å². The predicted molar refractivity (Wildman–Crippen MR) is 63.9 cm³/mol. The molecule has 0 spiro atoms. The van der Waals surface area contributed by atoms with Crippen LogP contribution in [0.3, 0.4) is 0 Å². The zero-order valence-electron chi connectivity index (χ0n) is 9.32. The molecule has 0 aliphatic carbocycles. The van der Waals surface area contributed by atoms with Gasteiger partial charge in [0.25, 0.3) is 0 Å². The summed E-state index contributed by atoms with van der Waals surface area (Å²) in [7, 11) is 1.69. The topological polar surface area (TPSA) is 34.1 Å². The lowest BCUT2D eigenvalue weighted by atomic mass is 10.2. The lowest BCUT2D eigenvalue weighted by molar-refractivity contribution is 0.184. The fraction of sp³-hybridized carbons (Fsp3) is 0.545. The average Bonchev–Trinajstić information content (AvgIpc) is 2.64. The highest BCUT2D eigenvalue weighted by atomic mass is 32.1. The maximum Gasteiger partial charge on any atom is 0.119 e. The zero-order chi connectivity index (χ0) is 11.1. The molecular weight excluding hydrogens is 208 g/mol. The second-order valence-corrected chi connectivity index (χ2v) is 4.41. The first-order valence-electron chi connectivity index (χ1n) is 5.02. The third-order valence-corrected chi connectivity index (χ3v) is 2.89. The number of hydrogen-bond donors (Lipinski definition) is 1. The number of ether oxygens (including phenoxy) is 1. The molecule has 0 radical (unpaired) electrons. The highest BCUT2D eigenvalue weighted by Crippen LogP contribution is 2.10. The number of aromatic nitrogens is 1. The van der Waals surface area contributed by atoms with Crippen LogP contribution in [0.25, 0.3) is 0 Å². The minimum atomic E-state index is 0.454. The molecule has 1 aromatic rings. The van der Waals surface area contributed by atoms with Crippen LogP contribution in [0.15, 0.2) is 18.0 Å². The highest BCUT2D eigenvalue weighted by molar-refractivity contribution is 7.09. The van der Waals surface area contributed by atoms with Crippen molar-refractivity contribution in [3.8, 4) is 0 Å². The molecule has 3 nitrogen and oxygen atoms in total. The van der Waals surface area contributed by atoms with Gasteiger partial charge in [0.15, 0.2) is 0 Å². The fourth-order valence-electron chi connectivity index (χ4n) is 1.23. The summed E-state index contributed by atoms with van der Waals surface area (Å²) in [4.78, 5) is 4.44. The number of methoxy groups -OCH3 is 1. The second-order valence-electron chi connectivity index (χ2n) is 3.47. The molecular formula is C11H18N2OS. The Morgan fingerprint density at radius 1 is 1.73 bits per heavy atom. The molecule has 1 aromatic heterocycles. The molecule has 1 heterocycles. The summed E-state index contributed by atoms with van der Waals surface area (Å²) in [6.07, 6.45) is 2.91. The molecule has 0 saturated carbocycles. The van der Waals surface area contributed by atoms with E-state index in [4.69, 9.17) is 4.74 Å². The highest BCUT2D eigenvalue weighted by Gasteiger charge is 2.03. The summed E-state index contributed by atoms with van der Waals surface area (Å²) in [5, 5.41) is 6.49. The van der Waals surface area contributed by atoms with E-state index in [1.54, 1.807) is 18.4 Å². The van der Waals surface area contributed by atoms with Crippen LogP contribution in [0.5, 0.6) is 0 Å². The Balaban J connectivity index is 2.33. The molecule has 0 aromatic carbocycles. The van der Waals surface area contributed by atoms with Crippen molar-refractivity contribution in [1.29, 1.82) is 0 Å². The van der Waals surface area contributed by atoms with Crippen LogP contribution in [0, 0.1) is 0 Å². The Hall–Kier alpha value is -0.710. The SMILES string of the molecule is C=CCC(C)NCc1csc(COC)n1.